The van der Waals surface area contributed by atoms with Gasteiger partial charge in [-0.05, 0) is 31.7 Å². The zero-order valence-corrected chi connectivity index (χ0v) is 12.7. The highest BCUT2D eigenvalue weighted by atomic mass is 35.5. The van der Waals surface area contributed by atoms with Gasteiger partial charge in [-0.3, -0.25) is 0 Å². The molecule has 0 amide bonds. The molecule has 0 bridgehead atoms. The van der Waals surface area contributed by atoms with Crippen molar-refractivity contribution in [2.24, 2.45) is 0 Å². The summed E-state index contributed by atoms with van der Waals surface area (Å²) in [5, 5.41) is 4.02. The monoisotopic (exact) mass is 293 g/mol. The quantitative estimate of drug-likeness (QED) is 0.853. The van der Waals surface area contributed by atoms with Crippen molar-refractivity contribution in [1.82, 2.24) is 14.9 Å². The van der Waals surface area contributed by atoms with Gasteiger partial charge in [-0.2, -0.15) is 0 Å². The molecule has 1 heterocycles. The van der Waals surface area contributed by atoms with Crippen molar-refractivity contribution in [2.75, 3.05) is 13.2 Å². The third kappa shape index (κ3) is 3.99. The fourth-order valence-corrected chi connectivity index (χ4v) is 2.18. The zero-order valence-electron chi connectivity index (χ0n) is 11.9. The van der Waals surface area contributed by atoms with Crippen molar-refractivity contribution in [3.05, 3.63) is 47.0 Å². The number of imidazole rings is 1. The molecule has 0 aliphatic rings. The Morgan fingerprint density at radius 3 is 2.95 bits per heavy atom. The summed E-state index contributed by atoms with van der Waals surface area (Å²) in [7, 11) is 0. The number of rotatable bonds is 7. The predicted molar refractivity (Wildman–Crippen MR) is 81.3 cm³/mol. The molecule has 108 valence electrons. The molecule has 5 heteroatoms. The SMILES string of the molecule is CCNCc1cc(Cl)ccc1OCCn1ccnc1C. The highest BCUT2D eigenvalue weighted by Crippen LogP contribution is 2.23. The standard InChI is InChI=1S/C15H20ClN3O/c1-3-17-11-13-10-14(16)4-5-15(13)20-9-8-19-7-6-18-12(19)2/h4-7,10,17H,3,8-9,11H2,1-2H3. The number of hydrogen-bond acceptors (Lipinski definition) is 3. The smallest absolute Gasteiger partial charge is 0.123 e. The van der Waals surface area contributed by atoms with E-state index >= 15 is 0 Å². The van der Waals surface area contributed by atoms with Gasteiger partial charge in [0, 0.05) is 29.5 Å². The number of nitrogens with zero attached hydrogens (tertiary/aromatic N) is 2. The average Bonchev–Trinajstić information content (AvgIpc) is 2.84. The fraction of sp³-hybridized carbons (Fsp3) is 0.400. The predicted octanol–water partition coefficient (Wildman–Crippen LogP) is 3.03. The largest absolute Gasteiger partial charge is 0.491 e. The summed E-state index contributed by atoms with van der Waals surface area (Å²) in [6.45, 7) is 7.13. The summed E-state index contributed by atoms with van der Waals surface area (Å²) in [5.41, 5.74) is 1.08. The van der Waals surface area contributed by atoms with Crippen molar-refractivity contribution < 1.29 is 4.74 Å². The van der Waals surface area contributed by atoms with Gasteiger partial charge >= 0.3 is 0 Å². The number of benzene rings is 1. The van der Waals surface area contributed by atoms with E-state index in [0.29, 0.717) is 6.61 Å². The maximum Gasteiger partial charge on any atom is 0.123 e. The minimum atomic E-state index is 0.609. The van der Waals surface area contributed by atoms with E-state index in [1.807, 2.05) is 31.3 Å². The highest BCUT2D eigenvalue weighted by molar-refractivity contribution is 6.30. The van der Waals surface area contributed by atoms with Gasteiger partial charge in [-0.15, -0.1) is 0 Å². The fourth-order valence-electron chi connectivity index (χ4n) is 1.98. The molecule has 20 heavy (non-hydrogen) atoms. The van der Waals surface area contributed by atoms with Crippen LogP contribution >= 0.6 is 11.6 Å². The van der Waals surface area contributed by atoms with Crippen LogP contribution in [-0.2, 0) is 13.1 Å². The van der Waals surface area contributed by atoms with Crippen molar-refractivity contribution in [1.29, 1.82) is 0 Å². The minimum absolute atomic E-state index is 0.609. The van der Waals surface area contributed by atoms with E-state index in [-0.39, 0.29) is 0 Å². The summed E-state index contributed by atoms with van der Waals surface area (Å²) in [6, 6.07) is 5.73. The van der Waals surface area contributed by atoms with Gasteiger partial charge in [-0.25, -0.2) is 4.98 Å². The molecule has 2 aromatic rings. The van der Waals surface area contributed by atoms with E-state index in [1.54, 1.807) is 6.20 Å². The van der Waals surface area contributed by atoms with Crippen molar-refractivity contribution in [3.8, 4) is 5.75 Å². The molecular weight excluding hydrogens is 274 g/mol. The Hall–Kier alpha value is -1.52. The van der Waals surface area contributed by atoms with Crippen LogP contribution in [0.4, 0.5) is 0 Å². The van der Waals surface area contributed by atoms with E-state index in [4.69, 9.17) is 16.3 Å². The first-order valence-corrected chi connectivity index (χ1v) is 7.18. The number of aromatic nitrogens is 2. The van der Waals surface area contributed by atoms with E-state index in [1.165, 1.54) is 0 Å². The molecule has 0 aliphatic heterocycles. The summed E-state index contributed by atoms with van der Waals surface area (Å²) in [6.07, 6.45) is 3.76. The maximum atomic E-state index is 6.04. The Bertz CT molecular complexity index is 554. The number of ether oxygens (including phenoxy) is 1. The number of halogens is 1. The lowest BCUT2D eigenvalue weighted by Gasteiger charge is -2.13. The molecule has 0 atom stereocenters. The molecule has 0 saturated heterocycles. The van der Waals surface area contributed by atoms with Crippen LogP contribution in [0, 0.1) is 6.92 Å². The highest BCUT2D eigenvalue weighted by Gasteiger charge is 2.05. The second kappa shape index (κ2) is 7.31. The van der Waals surface area contributed by atoms with Crippen LogP contribution in [0.25, 0.3) is 0 Å². The first kappa shape index (κ1) is 14.9. The van der Waals surface area contributed by atoms with Gasteiger partial charge in [0.05, 0.1) is 6.54 Å². The van der Waals surface area contributed by atoms with Crippen molar-refractivity contribution >= 4 is 11.6 Å². The van der Waals surface area contributed by atoms with E-state index < -0.39 is 0 Å². The van der Waals surface area contributed by atoms with E-state index in [2.05, 4.69) is 21.8 Å². The van der Waals surface area contributed by atoms with Crippen LogP contribution in [0.1, 0.15) is 18.3 Å². The zero-order chi connectivity index (χ0) is 14.4. The molecule has 1 N–H and O–H groups in total. The Morgan fingerprint density at radius 2 is 2.25 bits per heavy atom. The Labute approximate surface area is 124 Å². The van der Waals surface area contributed by atoms with Gasteiger partial charge in [0.2, 0.25) is 0 Å². The van der Waals surface area contributed by atoms with Gasteiger partial charge in [0.15, 0.2) is 0 Å². The third-order valence-electron chi connectivity index (χ3n) is 3.10. The summed E-state index contributed by atoms with van der Waals surface area (Å²) in [5.74, 6) is 1.88. The van der Waals surface area contributed by atoms with Crippen LogP contribution in [0.2, 0.25) is 5.02 Å². The topological polar surface area (TPSA) is 39.1 Å². The van der Waals surface area contributed by atoms with Gasteiger partial charge in [-0.1, -0.05) is 18.5 Å². The van der Waals surface area contributed by atoms with Crippen LogP contribution in [-0.4, -0.2) is 22.7 Å². The molecule has 0 aliphatic carbocycles. The van der Waals surface area contributed by atoms with Gasteiger partial charge in [0.25, 0.3) is 0 Å². The molecule has 0 spiro atoms. The van der Waals surface area contributed by atoms with E-state index in [0.717, 1.165) is 41.8 Å². The van der Waals surface area contributed by atoms with Crippen molar-refractivity contribution in [3.63, 3.8) is 0 Å². The molecule has 0 saturated carbocycles. The van der Waals surface area contributed by atoms with Gasteiger partial charge < -0.3 is 14.6 Å². The van der Waals surface area contributed by atoms with Crippen LogP contribution in [0.3, 0.4) is 0 Å². The lowest BCUT2D eigenvalue weighted by Crippen LogP contribution is -2.14. The lowest BCUT2D eigenvalue weighted by atomic mass is 10.2. The number of aryl methyl sites for hydroxylation is 1. The second-order valence-electron chi connectivity index (χ2n) is 4.55. The first-order valence-electron chi connectivity index (χ1n) is 6.80. The van der Waals surface area contributed by atoms with Gasteiger partial charge in [0.1, 0.15) is 18.2 Å². The Balaban J connectivity index is 1.96. The minimum Gasteiger partial charge on any atom is -0.491 e. The summed E-state index contributed by atoms with van der Waals surface area (Å²) < 4.78 is 7.94. The van der Waals surface area contributed by atoms with E-state index in [9.17, 15) is 0 Å². The summed E-state index contributed by atoms with van der Waals surface area (Å²) >= 11 is 6.04. The second-order valence-corrected chi connectivity index (χ2v) is 4.99. The third-order valence-corrected chi connectivity index (χ3v) is 3.34. The maximum absolute atomic E-state index is 6.04. The molecular formula is C15H20ClN3O. The normalized spacial score (nSPS) is 10.8. The number of hydrogen-bond donors (Lipinski definition) is 1. The molecule has 0 radical (unpaired) electrons. The molecule has 4 nitrogen and oxygen atoms in total. The van der Waals surface area contributed by atoms with Crippen LogP contribution in [0.15, 0.2) is 30.6 Å². The Kier molecular flexibility index (Phi) is 5.44. The molecule has 1 aromatic carbocycles. The molecule has 0 unspecified atom stereocenters. The average molecular weight is 294 g/mol. The molecule has 1 aromatic heterocycles. The Morgan fingerprint density at radius 1 is 1.40 bits per heavy atom. The summed E-state index contributed by atoms with van der Waals surface area (Å²) in [4.78, 5) is 4.19. The van der Waals surface area contributed by atoms with Crippen molar-refractivity contribution in [2.45, 2.75) is 26.9 Å². The lowest BCUT2D eigenvalue weighted by molar-refractivity contribution is 0.293. The van der Waals surface area contributed by atoms with Crippen LogP contribution < -0.4 is 10.1 Å². The molecule has 2 rings (SSSR count). The first-order chi connectivity index (χ1) is 9.70. The number of nitrogens with one attached hydrogen (secondary N) is 1. The van der Waals surface area contributed by atoms with Crippen LogP contribution in [0.5, 0.6) is 5.75 Å². The molecule has 0 fully saturated rings.